The first-order chi connectivity index (χ1) is 11.0. The van der Waals surface area contributed by atoms with Crippen molar-refractivity contribution in [2.75, 3.05) is 19.1 Å². The highest BCUT2D eigenvalue weighted by Gasteiger charge is 2.25. The van der Waals surface area contributed by atoms with E-state index in [1.54, 1.807) is 36.9 Å². The standard InChI is InChI=1S/C16H18ClNO4S/c1-9-11-8-10(17)4-5-13(11)22-14(9)15(19)18-12(6-7-23-3)16(20)21-2/h4-5,8,12H,6-7H2,1-3H3,(H,18,19)/t12-/m0/s1. The maximum Gasteiger partial charge on any atom is 0.328 e. The van der Waals surface area contributed by atoms with E-state index >= 15 is 0 Å². The molecule has 0 bridgehead atoms. The molecule has 7 heteroatoms. The Hall–Kier alpha value is -1.66. The summed E-state index contributed by atoms with van der Waals surface area (Å²) in [5, 5.41) is 4.03. The maximum atomic E-state index is 12.5. The molecule has 124 valence electrons. The number of carbonyl (C=O) groups excluding carboxylic acids is 2. The number of fused-ring (bicyclic) bond motifs is 1. The number of thioether (sulfide) groups is 1. The van der Waals surface area contributed by atoms with E-state index in [4.69, 9.17) is 20.8 Å². The van der Waals surface area contributed by atoms with E-state index in [-0.39, 0.29) is 5.76 Å². The van der Waals surface area contributed by atoms with Crippen LogP contribution in [0.25, 0.3) is 11.0 Å². The molecule has 0 saturated carbocycles. The third-order valence-electron chi connectivity index (χ3n) is 3.51. The number of rotatable bonds is 6. The van der Waals surface area contributed by atoms with Crippen LogP contribution in [-0.4, -0.2) is 37.0 Å². The van der Waals surface area contributed by atoms with Crippen LogP contribution in [0, 0.1) is 6.92 Å². The van der Waals surface area contributed by atoms with Gasteiger partial charge in [-0.15, -0.1) is 0 Å². The number of nitrogens with one attached hydrogen (secondary N) is 1. The van der Waals surface area contributed by atoms with Crippen LogP contribution in [0.1, 0.15) is 22.5 Å². The van der Waals surface area contributed by atoms with Gasteiger partial charge >= 0.3 is 5.97 Å². The molecular weight excluding hydrogens is 338 g/mol. The van der Waals surface area contributed by atoms with Crippen LogP contribution in [-0.2, 0) is 9.53 Å². The van der Waals surface area contributed by atoms with Gasteiger partial charge in [0.25, 0.3) is 5.91 Å². The zero-order chi connectivity index (χ0) is 17.0. The van der Waals surface area contributed by atoms with Crippen molar-refractivity contribution in [2.45, 2.75) is 19.4 Å². The molecule has 5 nitrogen and oxygen atoms in total. The molecule has 0 aliphatic carbocycles. The highest BCUT2D eigenvalue weighted by atomic mass is 35.5. The van der Waals surface area contributed by atoms with E-state index < -0.39 is 17.9 Å². The molecule has 0 aliphatic rings. The fraction of sp³-hybridized carbons (Fsp3) is 0.375. The number of halogens is 1. The molecule has 0 unspecified atom stereocenters. The van der Waals surface area contributed by atoms with Crippen molar-refractivity contribution in [3.05, 3.63) is 34.5 Å². The molecule has 1 N–H and O–H groups in total. The number of aryl methyl sites for hydroxylation is 1. The molecule has 0 aliphatic heterocycles. The molecular formula is C16H18ClNO4S. The Morgan fingerprint density at radius 3 is 2.83 bits per heavy atom. The lowest BCUT2D eigenvalue weighted by molar-refractivity contribution is -0.142. The smallest absolute Gasteiger partial charge is 0.328 e. The van der Waals surface area contributed by atoms with Gasteiger partial charge in [0.05, 0.1) is 7.11 Å². The summed E-state index contributed by atoms with van der Waals surface area (Å²) >= 11 is 7.57. The normalized spacial score (nSPS) is 12.2. The minimum atomic E-state index is -0.698. The van der Waals surface area contributed by atoms with Gasteiger partial charge in [0.2, 0.25) is 0 Å². The highest BCUT2D eigenvalue weighted by molar-refractivity contribution is 7.98. The largest absolute Gasteiger partial charge is 0.467 e. The molecule has 0 spiro atoms. The molecule has 23 heavy (non-hydrogen) atoms. The fourth-order valence-corrected chi connectivity index (χ4v) is 2.90. The van der Waals surface area contributed by atoms with Crippen molar-refractivity contribution >= 4 is 46.2 Å². The van der Waals surface area contributed by atoms with Crippen molar-refractivity contribution < 1.29 is 18.7 Å². The lowest BCUT2D eigenvalue weighted by Crippen LogP contribution is -2.42. The zero-order valence-corrected chi connectivity index (χ0v) is 14.7. The summed E-state index contributed by atoms with van der Waals surface area (Å²) in [6, 6.07) is 4.46. The van der Waals surface area contributed by atoms with Crippen LogP contribution in [0.2, 0.25) is 5.02 Å². The monoisotopic (exact) mass is 355 g/mol. The van der Waals surface area contributed by atoms with Gasteiger partial charge in [-0.2, -0.15) is 11.8 Å². The molecule has 1 aromatic heterocycles. The predicted octanol–water partition coefficient (Wildman–Crippen LogP) is 3.42. The predicted molar refractivity (Wildman–Crippen MR) is 92.2 cm³/mol. The Bertz CT molecular complexity index is 728. The quantitative estimate of drug-likeness (QED) is 0.804. The fourth-order valence-electron chi connectivity index (χ4n) is 2.26. The number of carbonyl (C=O) groups is 2. The second-order valence-corrected chi connectivity index (χ2v) is 6.45. The summed E-state index contributed by atoms with van der Waals surface area (Å²) < 4.78 is 10.3. The molecule has 0 fully saturated rings. The number of benzene rings is 1. The average Bonchev–Trinajstić information content (AvgIpc) is 2.87. The molecule has 1 amide bonds. The third kappa shape index (κ3) is 4.00. The summed E-state index contributed by atoms with van der Waals surface area (Å²) in [4.78, 5) is 24.3. The number of ether oxygens (including phenoxy) is 1. The number of esters is 1. The van der Waals surface area contributed by atoms with Crippen molar-refractivity contribution in [3.63, 3.8) is 0 Å². The molecule has 1 atom stereocenters. The van der Waals surface area contributed by atoms with Crippen LogP contribution in [0.5, 0.6) is 0 Å². The van der Waals surface area contributed by atoms with E-state index in [9.17, 15) is 9.59 Å². The summed E-state index contributed by atoms with van der Waals surface area (Å²) in [6.07, 6.45) is 2.42. The Labute approximate surface area is 143 Å². The maximum absolute atomic E-state index is 12.5. The first-order valence-corrected chi connectivity index (χ1v) is 8.81. The Kier molecular flexibility index (Phi) is 5.96. The van der Waals surface area contributed by atoms with Gasteiger partial charge < -0.3 is 14.5 Å². The molecule has 0 radical (unpaired) electrons. The van der Waals surface area contributed by atoms with Gasteiger partial charge in [0.1, 0.15) is 11.6 Å². The lowest BCUT2D eigenvalue weighted by Gasteiger charge is -2.15. The van der Waals surface area contributed by atoms with Crippen LogP contribution in [0.4, 0.5) is 0 Å². The third-order valence-corrected chi connectivity index (χ3v) is 4.39. The zero-order valence-electron chi connectivity index (χ0n) is 13.1. The summed E-state index contributed by atoms with van der Waals surface area (Å²) in [5.41, 5.74) is 1.27. The summed E-state index contributed by atoms with van der Waals surface area (Å²) in [5.74, 6) is 0.00486. The van der Waals surface area contributed by atoms with E-state index in [0.717, 1.165) is 11.1 Å². The Morgan fingerprint density at radius 1 is 1.43 bits per heavy atom. The van der Waals surface area contributed by atoms with Crippen LogP contribution < -0.4 is 5.32 Å². The number of furan rings is 1. The van der Waals surface area contributed by atoms with Crippen molar-refractivity contribution in [2.24, 2.45) is 0 Å². The minimum Gasteiger partial charge on any atom is -0.467 e. The van der Waals surface area contributed by atoms with E-state index in [1.165, 1.54) is 7.11 Å². The van der Waals surface area contributed by atoms with Crippen molar-refractivity contribution in [1.82, 2.24) is 5.32 Å². The number of hydrogen-bond acceptors (Lipinski definition) is 5. The van der Waals surface area contributed by atoms with E-state index in [2.05, 4.69) is 5.32 Å². The van der Waals surface area contributed by atoms with Crippen LogP contribution in [0.3, 0.4) is 0 Å². The second kappa shape index (κ2) is 7.75. The Balaban J connectivity index is 2.25. The Morgan fingerprint density at radius 2 is 2.17 bits per heavy atom. The first kappa shape index (κ1) is 17.7. The van der Waals surface area contributed by atoms with Gasteiger partial charge in [-0.1, -0.05) is 11.6 Å². The average molecular weight is 356 g/mol. The van der Waals surface area contributed by atoms with Crippen molar-refractivity contribution in [1.29, 1.82) is 0 Å². The molecule has 2 aromatic rings. The van der Waals surface area contributed by atoms with Gasteiger partial charge in [-0.25, -0.2) is 4.79 Å². The summed E-state index contributed by atoms with van der Waals surface area (Å²) in [7, 11) is 1.30. The lowest BCUT2D eigenvalue weighted by atomic mass is 10.1. The molecule has 1 heterocycles. The SMILES string of the molecule is COC(=O)[C@H](CCSC)NC(=O)c1oc2ccc(Cl)cc2c1C. The number of methoxy groups -OCH3 is 1. The highest BCUT2D eigenvalue weighted by Crippen LogP contribution is 2.27. The summed E-state index contributed by atoms with van der Waals surface area (Å²) in [6.45, 7) is 1.78. The van der Waals surface area contributed by atoms with Crippen LogP contribution in [0.15, 0.2) is 22.6 Å². The first-order valence-electron chi connectivity index (χ1n) is 7.04. The van der Waals surface area contributed by atoms with E-state index in [0.29, 0.717) is 22.6 Å². The molecule has 1 aromatic carbocycles. The molecule has 2 rings (SSSR count). The van der Waals surface area contributed by atoms with Crippen LogP contribution >= 0.6 is 23.4 Å². The number of hydrogen-bond donors (Lipinski definition) is 1. The van der Waals surface area contributed by atoms with Gasteiger partial charge in [0.15, 0.2) is 5.76 Å². The second-order valence-electron chi connectivity index (χ2n) is 5.03. The number of amides is 1. The van der Waals surface area contributed by atoms with E-state index in [1.807, 2.05) is 6.26 Å². The van der Waals surface area contributed by atoms with Gasteiger partial charge in [-0.05, 0) is 43.6 Å². The topological polar surface area (TPSA) is 68.5 Å². The molecule has 0 saturated heterocycles. The minimum absolute atomic E-state index is 0.181. The van der Waals surface area contributed by atoms with Crippen molar-refractivity contribution in [3.8, 4) is 0 Å². The van der Waals surface area contributed by atoms with Gasteiger partial charge in [-0.3, -0.25) is 4.79 Å². The van der Waals surface area contributed by atoms with Gasteiger partial charge in [0, 0.05) is 16.0 Å².